The molecule has 28 heavy (non-hydrogen) atoms. The van der Waals surface area contributed by atoms with E-state index in [0.717, 1.165) is 13.2 Å². The van der Waals surface area contributed by atoms with Crippen LogP contribution in [0.4, 0.5) is 69.1 Å². The molecular weight excluding hydrogens is 451 g/mol. The fraction of sp³-hybridized carbons (Fsp3) is 1.00. The van der Waals surface area contributed by atoms with Gasteiger partial charge in [0.15, 0.2) is 6.29 Å². The van der Waals surface area contributed by atoms with Crippen LogP contribution in [0.15, 0.2) is 0 Å². The van der Waals surface area contributed by atoms with Crippen molar-refractivity contribution in [2.24, 2.45) is 0 Å². The molecule has 0 unspecified atom stereocenters. The molecule has 0 aromatic heterocycles. The maximum absolute atomic E-state index is 9.75. The van der Waals surface area contributed by atoms with Gasteiger partial charge in [-0.3, -0.25) is 0 Å². The highest BCUT2D eigenvalue weighted by atomic mass is 19.5. The number of hydrogen-bond donors (Lipinski definition) is 0. The molecule has 0 bridgehead atoms. The lowest BCUT2D eigenvalue weighted by molar-refractivity contribution is -0.123. The third-order valence-corrected chi connectivity index (χ3v) is 0.803. The minimum absolute atomic E-state index is 0.0370. The Bertz CT molecular complexity index is 236. The maximum atomic E-state index is 9.75. The zero-order chi connectivity index (χ0) is 24.4. The first-order valence-electron chi connectivity index (χ1n) is 6.53. The van der Waals surface area contributed by atoms with Gasteiger partial charge in [0, 0.05) is 13.2 Å². The second kappa shape index (κ2) is 18.1. The van der Waals surface area contributed by atoms with Gasteiger partial charge < -0.3 is 78.5 Å². The van der Waals surface area contributed by atoms with Crippen molar-refractivity contribution < 1.29 is 78.5 Å². The summed E-state index contributed by atoms with van der Waals surface area (Å²) >= 11 is 0. The molecule has 0 aromatic rings. The first kappa shape index (κ1) is 37.8. The molecule has 178 valence electrons. The minimum Gasteiger partial charge on any atom is -0.418 e. The summed E-state index contributed by atoms with van der Waals surface area (Å²) in [6.45, 7) is 7.25. The molecule has 0 aliphatic rings. The van der Waals surface area contributed by atoms with Crippen LogP contribution in [-0.2, 0) is 9.47 Å². The zero-order valence-corrected chi connectivity index (χ0v) is 14.2. The SMILES string of the molecule is CCOC(C)OCC.F[B-](F)(F)F.F[B-](F)(F)F.F[B-](F)(F)F.F[B-](F)(F)F. The van der Waals surface area contributed by atoms with Crippen LogP contribution in [-0.4, -0.2) is 48.5 Å². The molecule has 0 aliphatic carbocycles. The molecular formula is C6H14B4F16O2-4. The lowest BCUT2D eigenvalue weighted by Gasteiger charge is -2.09. The Morgan fingerprint density at radius 1 is 0.464 bits per heavy atom. The van der Waals surface area contributed by atoms with E-state index in [-0.39, 0.29) is 6.29 Å². The smallest absolute Gasteiger partial charge is 0.418 e. The Morgan fingerprint density at radius 2 is 0.571 bits per heavy atom. The van der Waals surface area contributed by atoms with E-state index in [0.29, 0.717) is 0 Å². The molecule has 22 heteroatoms. The van der Waals surface area contributed by atoms with Crippen LogP contribution in [0.25, 0.3) is 0 Å². The third-order valence-electron chi connectivity index (χ3n) is 0.803. The molecule has 0 rings (SSSR count). The molecule has 0 saturated carbocycles. The van der Waals surface area contributed by atoms with E-state index in [1.165, 1.54) is 0 Å². The van der Waals surface area contributed by atoms with E-state index in [4.69, 9.17) is 9.47 Å². The van der Waals surface area contributed by atoms with Crippen LogP contribution >= 0.6 is 0 Å². The van der Waals surface area contributed by atoms with E-state index in [9.17, 15) is 69.1 Å². The molecule has 0 saturated heterocycles. The van der Waals surface area contributed by atoms with Gasteiger partial charge >= 0.3 is 29.0 Å². The normalized spacial score (nSPS) is 11.6. The van der Waals surface area contributed by atoms with Crippen LogP contribution in [0.3, 0.4) is 0 Å². The number of rotatable bonds is 4. The van der Waals surface area contributed by atoms with E-state index >= 15 is 0 Å². The predicted molar refractivity (Wildman–Crippen MR) is 73.5 cm³/mol. The average molecular weight is 465 g/mol. The maximum Gasteiger partial charge on any atom is 0.673 e. The van der Waals surface area contributed by atoms with Crippen molar-refractivity contribution in [3.8, 4) is 0 Å². The van der Waals surface area contributed by atoms with Gasteiger partial charge in [-0.15, -0.1) is 0 Å². The summed E-state index contributed by atoms with van der Waals surface area (Å²) in [5.74, 6) is 0. The highest BCUT2D eigenvalue weighted by molar-refractivity contribution is 6.50. The Kier molecular flexibility index (Phi) is 24.4. The van der Waals surface area contributed by atoms with E-state index in [1.54, 1.807) is 0 Å². The molecule has 0 N–H and O–H groups in total. The topological polar surface area (TPSA) is 18.5 Å². The van der Waals surface area contributed by atoms with Gasteiger partial charge in [0.25, 0.3) is 0 Å². The van der Waals surface area contributed by atoms with Crippen LogP contribution in [0.1, 0.15) is 20.8 Å². The number of hydrogen-bond acceptors (Lipinski definition) is 2. The highest BCUT2D eigenvalue weighted by Crippen LogP contribution is 2.08. The molecule has 0 fully saturated rings. The molecule has 0 amide bonds. The van der Waals surface area contributed by atoms with Gasteiger partial charge in [-0.1, -0.05) is 0 Å². The first-order chi connectivity index (χ1) is 11.8. The summed E-state index contributed by atoms with van der Waals surface area (Å²) in [6, 6.07) is 0. The quantitative estimate of drug-likeness (QED) is 0.264. The van der Waals surface area contributed by atoms with E-state index in [1.807, 2.05) is 20.8 Å². The van der Waals surface area contributed by atoms with Crippen molar-refractivity contribution in [1.29, 1.82) is 0 Å². The van der Waals surface area contributed by atoms with Crippen LogP contribution in [0.2, 0.25) is 0 Å². The van der Waals surface area contributed by atoms with Crippen LogP contribution in [0, 0.1) is 0 Å². The summed E-state index contributed by atoms with van der Waals surface area (Å²) in [6.07, 6.45) is -0.0370. The first-order valence-corrected chi connectivity index (χ1v) is 6.53. The minimum atomic E-state index is -6.00. The summed E-state index contributed by atoms with van der Waals surface area (Å²) < 4.78 is 166. The van der Waals surface area contributed by atoms with Crippen molar-refractivity contribution in [2.75, 3.05) is 13.2 Å². The van der Waals surface area contributed by atoms with Crippen molar-refractivity contribution in [2.45, 2.75) is 27.1 Å². The van der Waals surface area contributed by atoms with Gasteiger partial charge in [-0.05, 0) is 20.8 Å². The van der Waals surface area contributed by atoms with Crippen LogP contribution < -0.4 is 0 Å². The van der Waals surface area contributed by atoms with Crippen LogP contribution in [0.5, 0.6) is 0 Å². The fourth-order valence-electron chi connectivity index (χ4n) is 0.518. The second-order valence-corrected chi connectivity index (χ2v) is 3.46. The third kappa shape index (κ3) is 567. The van der Waals surface area contributed by atoms with E-state index < -0.39 is 29.0 Å². The van der Waals surface area contributed by atoms with E-state index in [2.05, 4.69) is 0 Å². The fourth-order valence-corrected chi connectivity index (χ4v) is 0.518. The monoisotopic (exact) mass is 466 g/mol. The second-order valence-electron chi connectivity index (χ2n) is 3.46. The largest absolute Gasteiger partial charge is 0.673 e. The summed E-state index contributed by atoms with van der Waals surface area (Å²) in [7, 11) is -24.0. The number of halogens is 16. The van der Waals surface area contributed by atoms with Gasteiger partial charge in [-0.25, -0.2) is 0 Å². The van der Waals surface area contributed by atoms with Gasteiger partial charge in [0.05, 0.1) is 0 Å². The van der Waals surface area contributed by atoms with Crippen molar-refractivity contribution in [3.05, 3.63) is 0 Å². The Hall–Kier alpha value is -0.940. The van der Waals surface area contributed by atoms with Crippen molar-refractivity contribution in [3.63, 3.8) is 0 Å². The lowest BCUT2D eigenvalue weighted by Crippen LogP contribution is -2.11. The Labute approximate surface area is 149 Å². The zero-order valence-electron chi connectivity index (χ0n) is 14.2. The lowest BCUT2D eigenvalue weighted by atomic mass is 10.3. The summed E-state index contributed by atoms with van der Waals surface area (Å²) in [5.41, 5.74) is 0. The molecule has 0 aliphatic heterocycles. The standard InChI is InChI=1S/C6H14O2.4BF4/c1-4-7-6(3)8-5-2;4*2-1(3,4)5/h6H,4-5H2,1-3H3;;;;/q;4*-1. The average Bonchev–Trinajstić information content (AvgIpc) is 2.19. The van der Waals surface area contributed by atoms with Crippen molar-refractivity contribution in [1.82, 2.24) is 0 Å². The Balaban J connectivity index is -0.0000000802. The summed E-state index contributed by atoms with van der Waals surface area (Å²) in [5, 5.41) is 0. The highest BCUT2D eigenvalue weighted by Gasteiger charge is 2.21. The predicted octanol–water partition coefficient (Wildman–Crippen LogP) is 6.61. The van der Waals surface area contributed by atoms with Gasteiger partial charge in [0.1, 0.15) is 0 Å². The summed E-state index contributed by atoms with van der Waals surface area (Å²) in [4.78, 5) is 0. The number of ether oxygens (including phenoxy) is 2. The molecule has 2 nitrogen and oxygen atoms in total. The Morgan fingerprint density at radius 3 is 0.643 bits per heavy atom. The van der Waals surface area contributed by atoms with Gasteiger partial charge in [0.2, 0.25) is 0 Å². The molecule has 0 spiro atoms. The van der Waals surface area contributed by atoms with Gasteiger partial charge in [-0.2, -0.15) is 0 Å². The molecule has 0 radical (unpaired) electrons. The van der Waals surface area contributed by atoms with Crippen molar-refractivity contribution >= 4 is 29.0 Å². The molecule has 0 aromatic carbocycles. The molecule has 0 atom stereocenters. The molecule has 0 heterocycles.